The van der Waals surface area contributed by atoms with Crippen molar-refractivity contribution in [1.82, 2.24) is 19.7 Å². The summed E-state index contributed by atoms with van der Waals surface area (Å²) < 4.78 is 17.5. The normalized spacial score (nSPS) is 12.3. The van der Waals surface area contributed by atoms with Crippen LogP contribution in [0.5, 0.6) is 17.2 Å². The third kappa shape index (κ3) is 4.14. The van der Waals surface area contributed by atoms with E-state index in [0.717, 1.165) is 23.4 Å². The zero-order chi connectivity index (χ0) is 24.5. The molecule has 11 heteroatoms. The molecule has 0 radical (unpaired) electrons. The van der Waals surface area contributed by atoms with E-state index in [1.807, 2.05) is 17.5 Å². The Balaban J connectivity index is 1.57. The van der Waals surface area contributed by atoms with Crippen molar-refractivity contribution in [2.45, 2.75) is 19.3 Å². The Morgan fingerprint density at radius 3 is 2.54 bits per heavy atom. The third-order valence-electron chi connectivity index (χ3n) is 5.78. The van der Waals surface area contributed by atoms with Crippen LogP contribution in [0.3, 0.4) is 0 Å². The minimum atomic E-state index is -0.424. The number of hydrogen-bond donors (Lipinski definition) is 2. The molecule has 180 valence electrons. The standard InChI is InChI=1S/C24H23N5O5S/c1-32-17-10-13(11-18(33-2)21(17)34-3)22(30)26-20-12-16(19-8-5-9-35-19)28-29(20)24-25-15-7-4-6-14(15)23(31)27-24/h5,8-12H,4,6-7H2,1-3H3,(H,26,30)(H,25,27,31). The summed E-state index contributed by atoms with van der Waals surface area (Å²) in [5, 5.41) is 9.47. The fourth-order valence-electron chi connectivity index (χ4n) is 4.11. The van der Waals surface area contributed by atoms with Crippen LogP contribution in [-0.2, 0) is 12.8 Å². The Labute approximate surface area is 204 Å². The fourth-order valence-corrected chi connectivity index (χ4v) is 4.79. The van der Waals surface area contributed by atoms with E-state index < -0.39 is 5.91 Å². The minimum absolute atomic E-state index is 0.183. The molecule has 10 nitrogen and oxygen atoms in total. The first-order valence-electron chi connectivity index (χ1n) is 10.9. The van der Waals surface area contributed by atoms with Crippen LogP contribution in [0.25, 0.3) is 16.5 Å². The van der Waals surface area contributed by atoms with Crippen LogP contribution in [-0.4, -0.2) is 47.0 Å². The summed E-state index contributed by atoms with van der Waals surface area (Å²) in [5.74, 6) is 1.28. The Bertz CT molecular complexity index is 1430. The van der Waals surface area contributed by atoms with Gasteiger partial charge in [-0.2, -0.15) is 9.78 Å². The van der Waals surface area contributed by atoms with Gasteiger partial charge >= 0.3 is 0 Å². The first-order valence-corrected chi connectivity index (χ1v) is 11.8. The number of carbonyl (C=O) groups is 1. The molecule has 35 heavy (non-hydrogen) atoms. The molecule has 5 rings (SSSR count). The second-order valence-electron chi connectivity index (χ2n) is 7.84. The van der Waals surface area contributed by atoms with E-state index in [4.69, 9.17) is 14.2 Å². The summed E-state index contributed by atoms with van der Waals surface area (Å²) in [7, 11) is 4.46. The maximum absolute atomic E-state index is 13.3. The van der Waals surface area contributed by atoms with Gasteiger partial charge < -0.3 is 19.5 Å². The molecular weight excluding hydrogens is 470 g/mol. The maximum Gasteiger partial charge on any atom is 0.257 e. The number of benzene rings is 1. The van der Waals surface area contributed by atoms with E-state index in [9.17, 15) is 9.59 Å². The molecule has 0 fully saturated rings. The molecule has 1 aliphatic rings. The molecule has 3 heterocycles. The lowest BCUT2D eigenvalue weighted by atomic mass is 10.1. The van der Waals surface area contributed by atoms with Crippen LogP contribution in [0.1, 0.15) is 28.0 Å². The summed E-state index contributed by atoms with van der Waals surface area (Å²) in [6.07, 6.45) is 2.33. The molecular formula is C24H23N5O5S. The predicted molar refractivity (Wildman–Crippen MR) is 131 cm³/mol. The summed E-state index contributed by atoms with van der Waals surface area (Å²) in [6.45, 7) is 0. The van der Waals surface area contributed by atoms with Crippen molar-refractivity contribution in [3.8, 4) is 33.8 Å². The van der Waals surface area contributed by atoms with Gasteiger partial charge in [-0.25, -0.2) is 4.98 Å². The number of anilines is 1. The number of carbonyl (C=O) groups excluding carboxylic acids is 1. The van der Waals surface area contributed by atoms with Crippen LogP contribution >= 0.6 is 11.3 Å². The predicted octanol–water partition coefficient (Wildman–Crippen LogP) is 3.45. The Morgan fingerprint density at radius 2 is 1.89 bits per heavy atom. The molecule has 0 aliphatic heterocycles. The molecule has 1 aromatic carbocycles. The summed E-state index contributed by atoms with van der Waals surface area (Å²) in [6, 6.07) is 8.72. The quantitative estimate of drug-likeness (QED) is 0.405. The minimum Gasteiger partial charge on any atom is -0.493 e. The first kappa shape index (κ1) is 22.7. The number of thiophene rings is 1. The number of nitrogens with zero attached hydrogens (tertiary/aromatic N) is 3. The summed E-state index contributed by atoms with van der Waals surface area (Å²) in [4.78, 5) is 34.3. The lowest BCUT2D eigenvalue weighted by Crippen LogP contribution is -2.21. The van der Waals surface area contributed by atoms with Crippen LogP contribution in [0.2, 0.25) is 0 Å². The molecule has 1 amide bonds. The molecule has 0 unspecified atom stereocenters. The van der Waals surface area contributed by atoms with Crippen LogP contribution in [0.4, 0.5) is 5.82 Å². The zero-order valence-electron chi connectivity index (χ0n) is 19.4. The SMILES string of the molecule is COc1cc(C(=O)Nc2cc(-c3cccs3)nn2-c2nc3c(c(=O)[nH]2)CCC3)cc(OC)c1OC. The number of hydrogen-bond acceptors (Lipinski definition) is 8. The van der Waals surface area contributed by atoms with Crippen molar-refractivity contribution in [3.63, 3.8) is 0 Å². The second kappa shape index (κ2) is 9.26. The molecule has 1 aliphatic carbocycles. The van der Waals surface area contributed by atoms with Crippen LogP contribution < -0.4 is 25.1 Å². The number of H-pyrrole nitrogens is 1. The van der Waals surface area contributed by atoms with Crippen LogP contribution in [0.15, 0.2) is 40.5 Å². The monoisotopic (exact) mass is 493 g/mol. The number of aromatic amines is 1. The number of amides is 1. The lowest BCUT2D eigenvalue weighted by molar-refractivity contribution is 0.102. The van der Waals surface area contributed by atoms with Gasteiger partial charge in [-0.1, -0.05) is 6.07 Å². The van der Waals surface area contributed by atoms with E-state index in [0.29, 0.717) is 46.3 Å². The van der Waals surface area contributed by atoms with Crippen molar-refractivity contribution in [2.75, 3.05) is 26.6 Å². The molecule has 4 aromatic rings. The highest BCUT2D eigenvalue weighted by Gasteiger charge is 2.22. The highest BCUT2D eigenvalue weighted by molar-refractivity contribution is 7.13. The van der Waals surface area contributed by atoms with Gasteiger partial charge in [0.25, 0.3) is 11.5 Å². The molecule has 0 saturated heterocycles. The topological polar surface area (TPSA) is 120 Å². The van der Waals surface area contributed by atoms with Crippen LogP contribution in [0, 0.1) is 0 Å². The molecule has 0 saturated carbocycles. The Morgan fingerprint density at radius 1 is 1.11 bits per heavy atom. The second-order valence-corrected chi connectivity index (χ2v) is 8.79. The van der Waals surface area contributed by atoms with Gasteiger partial charge in [0.05, 0.1) is 31.9 Å². The number of ether oxygens (including phenoxy) is 3. The number of aromatic nitrogens is 4. The van der Waals surface area contributed by atoms with Gasteiger partial charge in [0.15, 0.2) is 11.5 Å². The first-order chi connectivity index (χ1) is 17.0. The van der Waals surface area contributed by atoms with Gasteiger partial charge in [0.1, 0.15) is 11.5 Å². The van der Waals surface area contributed by atoms with Gasteiger partial charge in [-0.3, -0.25) is 14.6 Å². The molecule has 2 N–H and O–H groups in total. The van der Waals surface area contributed by atoms with E-state index in [2.05, 4.69) is 20.4 Å². The number of aryl methyl sites for hydroxylation is 1. The average Bonchev–Trinajstić information content (AvgIpc) is 3.63. The fraction of sp³-hybridized carbons (Fsp3) is 0.250. The van der Waals surface area contributed by atoms with Crippen molar-refractivity contribution >= 4 is 23.1 Å². The smallest absolute Gasteiger partial charge is 0.257 e. The highest BCUT2D eigenvalue weighted by atomic mass is 32.1. The highest BCUT2D eigenvalue weighted by Crippen LogP contribution is 2.38. The van der Waals surface area contributed by atoms with E-state index >= 15 is 0 Å². The maximum atomic E-state index is 13.3. The lowest BCUT2D eigenvalue weighted by Gasteiger charge is -2.14. The van der Waals surface area contributed by atoms with Gasteiger partial charge in [-0.15, -0.1) is 11.3 Å². The Hall–Kier alpha value is -4.12. The van der Waals surface area contributed by atoms with E-state index in [1.54, 1.807) is 18.2 Å². The molecule has 3 aromatic heterocycles. The van der Waals surface area contributed by atoms with Crippen molar-refractivity contribution in [2.24, 2.45) is 0 Å². The van der Waals surface area contributed by atoms with Gasteiger partial charge in [-0.05, 0) is 42.8 Å². The molecule has 0 spiro atoms. The van der Waals surface area contributed by atoms with Gasteiger partial charge in [0, 0.05) is 17.2 Å². The summed E-state index contributed by atoms with van der Waals surface area (Å²) in [5.41, 5.74) is 2.22. The largest absolute Gasteiger partial charge is 0.493 e. The Kier molecular flexibility index (Phi) is 6.00. The van der Waals surface area contributed by atoms with Crippen molar-refractivity contribution < 1.29 is 19.0 Å². The molecule has 0 atom stereocenters. The van der Waals surface area contributed by atoms with E-state index in [-0.39, 0.29) is 11.5 Å². The van der Waals surface area contributed by atoms with E-state index in [1.165, 1.54) is 37.3 Å². The van der Waals surface area contributed by atoms with Crippen molar-refractivity contribution in [3.05, 3.63) is 62.9 Å². The number of rotatable bonds is 7. The number of methoxy groups -OCH3 is 3. The number of fused-ring (bicyclic) bond motifs is 1. The number of nitrogens with one attached hydrogen (secondary N) is 2. The average molecular weight is 494 g/mol. The molecule has 0 bridgehead atoms. The van der Waals surface area contributed by atoms with Gasteiger partial charge in [0.2, 0.25) is 11.7 Å². The zero-order valence-corrected chi connectivity index (χ0v) is 20.2. The van der Waals surface area contributed by atoms with Crippen molar-refractivity contribution in [1.29, 1.82) is 0 Å². The summed E-state index contributed by atoms with van der Waals surface area (Å²) >= 11 is 1.52. The third-order valence-corrected chi connectivity index (χ3v) is 6.67.